The molecule has 88 valence electrons. The summed E-state index contributed by atoms with van der Waals surface area (Å²) >= 11 is 1.40. The molecule has 0 saturated heterocycles. The number of nitrogens with one attached hydrogen (secondary N) is 1. The van der Waals surface area contributed by atoms with Gasteiger partial charge in [-0.1, -0.05) is 0 Å². The van der Waals surface area contributed by atoms with Crippen molar-refractivity contribution < 1.29 is 15.0 Å². The zero-order chi connectivity index (χ0) is 12.4. The fourth-order valence-corrected chi connectivity index (χ4v) is 2.11. The molecule has 17 heavy (non-hydrogen) atoms. The van der Waals surface area contributed by atoms with Crippen LogP contribution < -0.4 is 5.32 Å². The molecule has 3 N–H and O–H groups in total. The molecule has 4 nitrogen and oxygen atoms in total. The highest BCUT2D eigenvalue weighted by Crippen LogP contribution is 2.27. The van der Waals surface area contributed by atoms with Gasteiger partial charge in [0.1, 0.15) is 0 Å². The number of hydrogen-bond acceptors (Lipinski definition) is 4. The van der Waals surface area contributed by atoms with Gasteiger partial charge in [-0.2, -0.15) is 0 Å². The van der Waals surface area contributed by atoms with Crippen LogP contribution in [-0.4, -0.2) is 16.1 Å². The van der Waals surface area contributed by atoms with Crippen LogP contribution >= 0.6 is 11.3 Å². The van der Waals surface area contributed by atoms with E-state index in [0.29, 0.717) is 10.6 Å². The molecule has 0 saturated carbocycles. The number of carbonyl (C=O) groups is 1. The van der Waals surface area contributed by atoms with Crippen LogP contribution in [0.15, 0.2) is 30.3 Å². The number of hydrogen-bond donors (Lipinski definition) is 3. The Morgan fingerprint density at radius 3 is 2.53 bits per heavy atom. The topological polar surface area (TPSA) is 69.6 Å². The maximum absolute atomic E-state index is 11.8. The lowest BCUT2D eigenvalue weighted by molar-refractivity contribution is 0.103. The Kier molecular flexibility index (Phi) is 3.01. The van der Waals surface area contributed by atoms with Crippen molar-refractivity contribution in [3.05, 3.63) is 40.1 Å². The van der Waals surface area contributed by atoms with Gasteiger partial charge in [0, 0.05) is 16.6 Å². The maximum atomic E-state index is 11.8. The third kappa shape index (κ3) is 2.57. The Morgan fingerprint density at radius 1 is 1.18 bits per heavy atom. The van der Waals surface area contributed by atoms with E-state index in [1.54, 1.807) is 6.07 Å². The number of thiophene rings is 1. The van der Waals surface area contributed by atoms with E-state index < -0.39 is 0 Å². The molecule has 0 radical (unpaired) electrons. The second kappa shape index (κ2) is 4.47. The Balaban J connectivity index is 2.15. The quantitative estimate of drug-likeness (QED) is 0.566. The summed E-state index contributed by atoms with van der Waals surface area (Å²) in [6.07, 6.45) is 0. The molecule has 5 heteroatoms. The van der Waals surface area contributed by atoms with E-state index in [9.17, 15) is 9.90 Å². The second-order valence-electron chi connectivity index (χ2n) is 3.57. The molecular weight excluding hydrogens is 238 g/mol. The average Bonchev–Trinajstić information content (AvgIpc) is 2.70. The number of phenols is 2. The highest BCUT2D eigenvalue weighted by Gasteiger charge is 2.09. The van der Waals surface area contributed by atoms with Crippen molar-refractivity contribution in [1.29, 1.82) is 0 Å². The molecule has 0 atom stereocenters. The molecule has 1 amide bonds. The van der Waals surface area contributed by atoms with Crippen molar-refractivity contribution in [2.75, 3.05) is 5.32 Å². The number of rotatable bonds is 2. The van der Waals surface area contributed by atoms with Gasteiger partial charge in [-0.3, -0.25) is 4.79 Å². The van der Waals surface area contributed by atoms with Gasteiger partial charge in [0.2, 0.25) is 0 Å². The molecule has 0 fully saturated rings. The number of aryl methyl sites for hydroxylation is 1. The van der Waals surface area contributed by atoms with Gasteiger partial charge in [-0.05, 0) is 31.2 Å². The summed E-state index contributed by atoms with van der Waals surface area (Å²) in [5.74, 6) is -0.701. The average molecular weight is 249 g/mol. The van der Waals surface area contributed by atoms with E-state index in [-0.39, 0.29) is 17.4 Å². The Labute approximate surface area is 102 Å². The van der Waals surface area contributed by atoms with Gasteiger partial charge in [-0.15, -0.1) is 11.3 Å². The molecule has 2 aromatic rings. The van der Waals surface area contributed by atoms with E-state index in [4.69, 9.17) is 5.11 Å². The van der Waals surface area contributed by atoms with Crippen LogP contribution in [0.5, 0.6) is 11.5 Å². The SMILES string of the molecule is Cc1ccc(C(=O)Nc2ccc(O)c(O)c2)s1. The summed E-state index contributed by atoms with van der Waals surface area (Å²) in [5.41, 5.74) is 0.441. The van der Waals surface area contributed by atoms with Crippen LogP contribution in [0.4, 0.5) is 5.69 Å². The van der Waals surface area contributed by atoms with Crippen LogP contribution in [-0.2, 0) is 0 Å². The molecule has 1 aromatic heterocycles. The summed E-state index contributed by atoms with van der Waals surface area (Å²) in [7, 11) is 0. The third-order valence-electron chi connectivity index (χ3n) is 2.20. The summed E-state index contributed by atoms with van der Waals surface area (Å²) in [6.45, 7) is 1.92. The van der Waals surface area contributed by atoms with E-state index in [0.717, 1.165) is 4.88 Å². The van der Waals surface area contributed by atoms with Crippen molar-refractivity contribution in [2.45, 2.75) is 6.92 Å². The van der Waals surface area contributed by atoms with Crippen molar-refractivity contribution in [3.8, 4) is 11.5 Å². The van der Waals surface area contributed by atoms with E-state index in [1.807, 2.05) is 13.0 Å². The molecule has 1 heterocycles. The molecule has 0 bridgehead atoms. The zero-order valence-corrected chi connectivity index (χ0v) is 9.91. The van der Waals surface area contributed by atoms with Gasteiger partial charge in [0.25, 0.3) is 5.91 Å². The standard InChI is InChI=1S/C12H11NO3S/c1-7-2-5-11(17-7)12(16)13-8-3-4-9(14)10(15)6-8/h2-6,14-15H,1H3,(H,13,16). The first-order valence-electron chi connectivity index (χ1n) is 4.96. The number of benzene rings is 1. The van der Waals surface area contributed by atoms with Gasteiger partial charge in [-0.25, -0.2) is 0 Å². The lowest BCUT2D eigenvalue weighted by Crippen LogP contribution is -2.09. The molecule has 0 aliphatic carbocycles. The first kappa shape index (κ1) is 11.5. The Morgan fingerprint density at radius 2 is 1.94 bits per heavy atom. The maximum Gasteiger partial charge on any atom is 0.265 e. The molecule has 2 rings (SSSR count). The molecule has 0 unspecified atom stereocenters. The Hall–Kier alpha value is -2.01. The highest BCUT2D eigenvalue weighted by atomic mass is 32.1. The lowest BCUT2D eigenvalue weighted by Gasteiger charge is -2.04. The second-order valence-corrected chi connectivity index (χ2v) is 4.86. The number of carbonyl (C=O) groups excluding carboxylic acids is 1. The summed E-state index contributed by atoms with van der Waals surface area (Å²) in [4.78, 5) is 13.4. The normalized spacial score (nSPS) is 10.2. The number of phenolic OH excluding ortho intramolecular Hbond substituents is 2. The van der Waals surface area contributed by atoms with Gasteiger partial charge >= 0.3 is 0 Å². The van der Waals surface area contributed by atoms with E-state index in [2.05, 4.69) is 5.32 Å². The molecule has 0 spiro atoms. The van der Waals surface area contributed by atoms with Crippen molar-refractivity contribution in [1.82, 2.24) is 0 Å². The number of amides is 1. The monoisotopic (exact) mass is 249 g/mol. The zero-order valence-electron chi connectivity index (χ0n) is 9.10. The first-order valence-corrected chi connectivity index (χ1v) is 5.77. The predicted octanol–water partition coefficient (Wildman–Crippen LogP) is 2.72. The molecular formula is C12H11NO3S. The minimum atomic E-state index is -0.259. The highest BCUT2D eigenvalue weighted by molar-refractivity contribution is 7.14. The van der Waals surface area contributed by atoms with Crippen molar-refractivity contribution in [2.24, 2.45) is 0 Å². The first-order chi connectivity index (χ1) is 8.06. The summed E-state index contributed by atoms with van der Waals surface area (Å²) in [6, 6.07) is 7.76. The van der Waals surface area contributed by atoms with Crippen molar-refractivity contribution in [3.63, 3.8) is 0 Å². The Bertz CT molecular complexity index is 563. The van der Waals surface area contributed by atoms with Crippen LogP contribution in [0, 0.1) is 6.92 Å². The van der Waals surface area contributed by atoms with Gasteiger partial charge < -0.3 is 15.5 Å². The molecule has 0 aliphatic rings. The largest absolute Gasteiger partial charge is 0.504 e. The number of aromatic hydroxyl groups is 2. The fourth-order valence-electron chi connectivity index (χ4n) is 1.35. The van der Waals surface area contributed by atoms with E-state index in [1.165, 1.54) is 29.5 Å². The van der Waals surface area contributed by atoms with Gasteiger partial charge in [0.05, 0.1) is 4.88 Å². The van der Waals surface area contributed by atoms with Crippen molar-refractivity contribution >= 4 is 22.9 Å². The van der Waals surface area contributed by atoms with Crippen LogP contribution in [0.3, 0.4) is 0 Å². The third-order valence-corrected chi connectivity index (χ3v) is 3.20. The summed E-state index contributed by atoms with van der Waals surface area (Å²) < 4.78 is 0. The molecule has 1 aromatic carbocycles. The minimum Gasteiger partial charge on any atom is -0.504 e. The van der Waals surface area contributed by atoms with Gasteiger partial charge in [0.15, 0.2) is 11.5 Å². The summed E-state index contributed by atoms with van der Waals surface area (Å²) in [5, 5.41) is 21.1. The molecule has 0 aliphatic heterocycles. The minimum absolute atomic E-state index is 0.213. The van der Waals surface area contributed by atoms with Crippen LogP contribution in [0.25, 0.3) is 0 Å². The predicted molar refractivity (Wildman–Crippen MR) is 66.8 cm³/mol. The van der Waals surface area contributed by atoms with Crippen LogP contribution in [0.1, 0.15) is 14.5 Å². The fraction of sp³-hybridized carbons (Fsp3) is 0.0833. The smallest absolute Gasteiger partial charge is 0.265 e. The van der Waals surface area contributed by atoms with E-state index >= 15 is 0 Å². The lowest BCUT2D eigenvalue weighted by atomic mass is 10.2. The van der Waals surface area contributed by atoms with Crippen LogP contribution in [0.2, 0.25) is 0 Å². The number of anilines is 1.